The summed E-state index contributed by atoms with van der Waals surface area (Å²) in [6.45, 7) is 5.28. The van der Waals surface area contributed by atoms with Crippen molar-refractivity contribution < 1.29 is 4.42 Å². The normalized spacial score (nSPS) is 15.6. The first-order valence-electron chi connectivity index (χ1n) is 6.39. The van der Waals surface area contributed by atoms with Crippen LogP contribution in [0, 0.1) is 0 Å². The van der Waals surface area contributed by atoms with Crippen LogP contribution in [0.15, 0.2) is 16.7 Å². The minimum atomic E-state index is 0.834. The Morgan fingerprint density at radius 3 is 3.00 bits per heavy atom. The Kier molecular flexibility index (Phi) is 4.43. The monoisotopic (exact) mass is 222 g/mol. The lowest BCUT2D eigenvalue weighted by Gasteiger charge is -2.05. The molecule has 1 aromatic heterocycles. The molecule has 1 aliphatic rings. The molecular formula is C13H22N2O. The van der Waals surface area contributed by atoms with E-state index in [2.05, 4.69) is 23.6 Å². The summed E-state index contributed by atoms with van der Waals surface area (Å²) in [7, 11) is 0. The molecule has 1 aromatic rings. The molecule has 0 saturated heterocycles. The molecule has 1 fully saturated rings. The lowest BCUT2D eigenvalue weighted by atomic mass is 10.2. The highest BCUT2D eigenvalue weighted by Crippen LogP contribution is 2.18. The maximum Gasteiger partial charge on any atom is 0.107 e. The van der Waals surface area contributed by atoms with Gasteiger partial charge in [0, 0.05) is 24.6 Å². The largest absolute Gasteiger partial charge is 0.469 e. The van der Waals surface area contributed by atoms with E-state index in [1.165, 1.54) is 24.8 Å². The Hall–Kier alpha value is -0.800. The third-order valence-electron chi connectivity index (χ3n) is 3.01. The molecule has 0 aromatic carbocycles. The van der Waals surface area contributed by atoms with Gasteiger partial charge in [0.1, 0.15) is 5.76 Å². The van der Waals surface area contributed by atoms with Gasteiger partial charge in [0.05, 0.1) is 6.26 Å². The molecule has 3 heteroatoms. The van der Waals surface area contributed by atoms with E-state index >= 15 is 0 Å². The van der Waals surface area contributed by atoms with E-state index in [0.29, 0.717) is 0 Å². The van der Waals surface area contributed by atoms with Crippen LogP contribution in [-0.4, -0.2) is 19.1 Å². The molecule has 1 heterocycles. The van der Waals surface area contributed by atoms with Gasteiger partial charge in [-0.15, -0.1) is 0 Å². The third kappa shape index (κ3) is 3.65. The zero-order valence-corrected chi connectivity index (χ0v) is 10.1. The summed E-state index contributed by atoms with van der Waals surface area (Å²) in [5.41, 5.74) is 1.30. The number of aryl methyl sites for hydroxylation is 1. The second kappa shape index (κ2) is 6.06. The van der Waals surface area contributed by atoms with Crippen LogP contribution in [0.4, 0.5) is 0 Å². The fourth-order valence-electron chi connectivity index (χ4n) is 1.86. The van der Waals surface area contributed by atoms with Gasteiger partial charge in [-0.05, 0) is 38.4 Å². The van der Waals surface area contributed by atoms with Crippen molar-refractivity contribution in [2.24, 2.45) is 0 Å². The van der Waals surface area contributed by atoms with E-state index in [1.807, 2.05) is 0 Å². The Morgan fingerprint density at radius 1 is 1.38 bits per heavy atom. The Balaban J connectivity index is 1.53. The van der Waals surface area contributed by atoms with E-state index in [4.69, 9.17) is 4.42 Å². The van der Waals surface area contributed by atoms with Crippen LogP contribution in [0.2, 0.25) is 0 Å². The Labute approximate surface area is 97.6 Å². The summed E-state index contributed by atoms with van der Waals surface area (Å²) in [4.78, 5) is 0. The minimum Gasteiger partial charge on any atom is -0.469 e. The molecule has 0 amide bonds. The van der Waals surface area contributed by atoms with Crippen LogP contribution >= 0.6 is 0 Å². The summed E-state index contributed by atoms with van der Waals surface area (Å²) >= 11 is 0. The van der Waals surface area contributed by atoms with Crippen molar-refractivity contribution in [1.82, 2.24) is 10.6 Å². The molecule has 1 aliphatic carbocycles. The highest BCUT2D eigenvalue weighted by Gasteiger charge is 2.19. The van der Waals surface area contributed by atoms with Crippen LogP contribution in [0.25, 0.3) is 0 Å². The quantitative estimate of drug-likeness (QED) is 0.661. The number of rotatable bonds is 8. The SMILES string of the molecule is CCc1occc1CNCCCNC1CC1. The molecule has 0 radical (unpaired) electrons. The molecular weight excluding hydrogens is 200 g/mol. The number of furan rings is 1. The van der Waals surface area contributed by atoms with E-state index in [1.54, 1.807) is 6.26 Å². The highest BCUT2D eigenvalue weighted by atomic mass is 16.3. The van der Waals surface area contributed by atoms with E-state index in [-0.39, 0.29) is 0 Å². The average molecular weight is 222 g/mol. The minimum absolute atomic E-state index is 0.834. The Bertz CT molecular complexity index is 305. The van der Waals surface area contributed by atoms with Crippen LogP contribution in [0.3, 0.4) is 0 Å². The Morgan fingerprint density at radius 2 is 2.25 bits per heavy atom. The molecule has 1 saturated carbocycles. The van der Waals surface area contributed by atoms with E-state index in [9.17, 15) is 0 Å². The fourth-order valence-corrected chi connectivity index (χ4v) is 1.86. The van der Waals surface area contributed by atoms with Gasteiger partial charge in [0.15, 0.2) is 0 Å². The predicted molar refractivity (Wildman–Crippen MR) is 65.4 cm³/mol. The summed E-state index contributed by atoms with van der Waals surface area (Å²) in [6.07, 6.45) is 6.72. The van der Waals surface area contributed by atoms with Crippen molar-refractivity contribution in [2.45, 2.75) is 45.2 Å². The zero-order valence-electron chi connectivity index (χ0n) is 10.1. The average Bonchev–Trinajstić information content (AvgIpc) is 3.01. The van der Waals surface area contributed by atoms with E-state index < -0.39 is 0 Å². The molecule has 90 valence electrons. The summed E-state index contributed by atoms with van der Waals surface area (Å²) in [6, 6.07) is 2.90. The van der Waals surface area contributed by atoms with Gasteiger partial charge in [-0.3, -0.25) is 0 Å². The van der Waals surface area contributed by atoms with Gasteiger partial charge in [0.25, 0.3) is 0 Å². The summed E-state index contributed by atoms with van der Waals surface area (Å²) < 4.78 is 5.38. The van der Waals surface area contributed by atoms with Gasteiger partial charge in [0.2, 0.25) is 0 Å². The van der Waals surface area contributed by atoms with Gasteiger partial charge < -0.3 is 15.1 Å². The molecule has 2 rings (SSSR count). The van der Waals surface area contributed by atoms with Crippen molar-refractivity contribution in [1.29, 1.82) is 0 Å². The van der Waals surface area contributed by atoms with Crippen molar-refractivity contribution >= 4 is 0 Å². The first kappa shape index (κ1) is 11.7. The predicted octanol–water partition coefficient (Wildman–Crippen LogP) is 2.07. The van der Waals surface area contributed by atoms with Crippen molar-refractivity contribution in [3.05, 3.63) is 23.7 Å². The van der Waals surface area contributed by atoms with Crippen molar-refractivity contribution in [2.75, 3.05) is 13.1 Å². The van der Waals surface area contributed by atoms with Crippen molar-refractivity contribution in [3.8, 4) is 0 Å². The zero-order chi connectivity index (χ0) is 11.2. The topological polar surface area (TPSA) is 37.2 Å². The second-order valence-corrected chi connectivity index (χ2v) is 4.48. The van der Waals surface area contributed by atoms with Crippen LogP contribution in [0.5, 0.6) is 0 Å². The van der Waals surface area contributed by atoms with Gasteiger partial charge in [-0.25, -0.2) is 0 Å². The second-order valence-electron chi connectivity index (χ2n) is 4.48. The summed E-state index contributed by atoms with van der Waals surface area (Å²) in [5, 5.41) is 6.97. The number of nitrogens with one attached hydrogen (secondary N) is 2. The van der Waals surface area contributed by atoms with Crippen molar-refractivity contribution in [3.63, 3.8) is 0 Å². The lowest BCUT2D eigenvalue weighted by molar-refractivity contribution is 0.506. The molecule has 0 atom stereocenters. The van der Waals surface area contributed by atoms with E-state index in [0.717, 1.165) is 37.9 Å². The fraction of sp³-hybridized carbons (Fsp3) is 0.692. The molecule has 0 unspecified atom stereocenters. The molecule has 0 spiro atoms. The van der Waals surface area contributed by atoms with Crippen LogP contribution in [0.1, 0.15) is 37.5 Å². The maximum absolute atomic E-state index is 5.38. The maximum atomic E-state index is 5.38. The van der Waals surface area contributed by atoms with Gasteiger partial charge >= 0.3 is 0 Å². The highest BCUT2D eigenvalue weighted by molar-refractivity contribution is 5.16. The summed E-state index contributed by atoms with van der Waals surface area (Å²) in [5.74, 6) is 1.11. The number of hydrogen-bond acceptors (Lipinski definition) is 3. The number of hydrogen-bond donors (Lipinski definition) is 2. The first-order valence-corrected chi connectivity index (χ1v) is 6.39. The molecule has 3 nitrogen and oxygen atoms in total. The molecule has 2 N–H and O–H groups in total. The van der Waals surface area contributed by atoms with Gasteiger partial charge in [-0.2, -0.15) is 0 Å². The lowest BCUT2D eigenvalue weighted by Crippen LogP contribution is -2.23. The van der Waals surface area contributed by atoms with Crippen LogP contribution < -0.4 is 10.6 Å². The standard InChI is InChI=1S/C13H22N2O/c1-2-13-11(6-9-16-13)10-14-7-3-8-15-12-4-5-12/h6,9,12,14-15H,2-5,7-8,10H2,1H3. The smallest absolute Gasteiger partial charge is 0.107 e. The van der Waals surface area contributed by atoms with Crippen LogP contribution in [-0.2, 0) is 13.0 Å². The molecule has 16 heavy (non-hydrogen) atoms. The third-order valence-corrected chi connectivity index (χ3v) is 3.01. The van der Waals surface area contributed by atoms with Gasteiger partial charge in [-0.1, -0.05) is 6.92 Å². The first-order chi connectivity index (χ1) is 7.90. The molecule has 0 bridgehead atoms. The molecule has 0 aliphatic heterocycles.